The minimum atomic E-state index is -0.551. The van der Waals surface area contributed by atoms with Crippen molar-refractivity contribution in [2.24, 2.45) is 5.92 Å². The molecule has 1 unspecified atom stereocenters. The van der Waals surface area contributed by atoms with Crippen molar-refractivity contribution in [1.82, 2.24) is 14.7 Å². The summed E-state index contributed by atoms with van der Waals surface area (Å²) in [5.74, 6) is -0.846. The van der Waals surface area contributed by atoms with Gasteiger partial charge in [-0.2, -0.15) is 5.10 Å². The highest BCUT2D eigenvalue weighted by molar-refractivity contribution is 5.94. The molecule has 1 heterocycles. The van der Waals surface area contributed by atoms with Crippen molar-refractivity contribution in [3.05, 3.63) is 42.0 Å². The standard InChI is InChI=1S/C16H18FN3O3/c1-19(8-13(21)10-2-3-10)16(23)15-14(22)9-20(18-15)12-6-4-11(17)5-7-12/h4-7,9-10,13,21-22H,2-3,8H2,1H3. The maximum absolute atomic E-state index is 12.9. The lowest BCUT2D eigenvalue weighted by Crippen LogP contribution is -2.35. The van der Waals surface area contributed by atoms with Crippen molar-refractivity contribution < 1.29 is 19.4 Å². The van der Waals surface area contributed by atoms with Crippen LogP contribution in [-0.2, 0) is 0 Å². The summed E-state index contributed by atoms with van der Waals surface area (Å²) in [5, 5.41) is 23.9. The Hall–Kier alpha value is -2.41. The van der Waals surface area contributed by atoms with Crippen LogP contribution >= 0.6 is 0 Å². The fraction of sp³-hybridized carbons (Fsp3) is 0.375. The van der Waals surface area contributed by atoms with E-state index in [-0.39, 0.29) is 29.7 Å². The summed E-state index contributed by atoms with van der Waals surface area (Å²) >= 11 is 0. The Morgan fingerprint density at radius 1 is 1.43 bits per heavy atom. The third kappa shape index (κ3) is 3.34. The van der Waals surface area contributed by atoms with Gasteiger partial charge < -0.3 is 15.1 Å². The van der Waals surface area contributed by atoms with Crippen molar-refractivity contribution >= 4 is 5.91 Å². The first-order chi connectivity index (χ1) is 11.0. The zero-order valence-corrected chi connectivity index (χ0v) is 12.7. The summed E-state index contributed by atoms with van der Waals surface area (Å²) in [6.07, 6.45) is 2.71. The topological polar surface area (TPSA) is 78.6 Å². The van der Waals surface area contributed by atoms with E-state index in [9.17, 15) is 19.4 Å². The lowest BCUT2D eigenvalue weighted by Gasteiger charge is -2.19. The molecular formula is C16H18FN3O3. The minimum absolute atomic E-state index is 0.0974. The van der Waals surface area contributed by atoms with Gasteiger partial charge in [-0.25, -0.2) is 9.07 Å². The van der Waals surface area contributed by atoms with E-state index < -0.39 is 12.0 Å². The van der Waals surface area contributed by atoms with Gasteiger partial charge in [-0.15, -0.1) is 0 Å². The van der Waals surface area contributed by atoms with Crippen LogP contribution in [0.15, 0.2) is 30.5 Å². The van der Waals surface area contributed by atoms with E-state index >= 15 is 0 Å². The molecule has 6 nitrogen and oxygen atoms in total. The summed E-state index contributed by atoms with van der Waals surface area (Å²) in [4.78, 5) is 13.7. The summed E-state index contributed by atoms with van der Waals surface area (Å²) in [6, 6.07) is 5.54. The van der Waals surface area contributed by atoms with Crippen LogP contribution in [0.5, 0.6) is 5.75 Å². The number of likely N-dealkylation sites (N-methyl/N-ethyl adjacent to an activating group) is 1. The van der Waals surface area contributed by atoms with Gasteiger partial charge in [-0.3, -0.25) is 4.79 Å². The third-order valence-electron chi connectivity index (χ3n) is 3.96. The molecule has 122 valence electrons. The predicted octanol–water partition coefficient (Wildman–Crippen LogP) is 1.56. The van der Waals surface area contributed by atoms with Gasteiger partial charge >= 0.3 is 0 Å². The Labute approximate surface area is 132 Å². The Morgan fingerprint density at radius 2 is 2.09 bits per heavy atom. The van der Waals surface area contributed by atoms with Crippen LogP contribution in [-0.4, -0.2) is 50.5 Å². The number of hydrogen-bond acceptors (Lipinski definition) is 4. The number of nitrogens with zero attached hydrogens (tertiary/aromatic N) is 3. The van der Waals surface area contributed by atoms with Crippen molar-refractivity contribution in [3.63, 3.8) is 0 Å². The highest BCUT2D eigenvalue weighted by Crippen LogP contribution is 2.33. The summed E-state index contributed by atoms with van der Waals surface area (Å²) in [5.41, 5.74) is 0.432. The number of carbonyl (C=O) groups excluding carboxylic acids is 1. The molecule has 23 heavy (non-hydrogen) atoms. The molecular weight excluding hydrogens is 301 g/mol. The molecule has 1 aliphatic rings. The Morgan fingerprint density at radius 3 is 2.70 bits per heavy atom. The van der Waals surface area contributed by atoms with E-state index in [1.165, 1.54) is 40.0 Å². The molecule has 3 rings (SSSR count). The van der Waals surface area contributed by atoms with E-state index in [4.69, 9.17) is 0 Å². The number of aliphatic hydroxyl groups excluding tert-OH is 1. The Bertz CT molecular complexity index is 710. The molecule has 7 heteroatoms. The third-order valence-corrected chi connectivity index (χ3v) is 3.96. The molecule has 0 spiro atoms. The van der Waals surface area contributed by atoms with Gasteiger partial charge in [-0.05, 0) is 43.0 Å². The summed E-state index contributed by atoms with van der Waals surface area (Å²) < 4.78 is 14.3. The van der Waals surface area contributed by atoms with Crippen LogP contribution in [0.4, 0.5) is 4.39 Å². The molecule has 2 aromatic rings. The van der Waals surface area contributed by atoms with Crippen molar-refractivity contribution in [2.45, 2.75) is 18.9 Å². The lowest BCUT2D eigenvalue weighted by atomic mass is 10.2. The maximum Gasteiger partial charge on any atom is 0.278 e. The average molecular weight is 319 g/mol. The molecule has 0 radical (unpaired) electrons. The van der Waals surface area contributed by atoms with Crippen LogP contribution in [0.1, 0.15) is 23.3 Å². The monoisotopic (exact) mass is 319 g/mol. The number of benzene rings is 1. The number of aliphatic hydroxyl groups is 1. The number of amides is 1. The number of halogens is 1. The van der Waals surface area contributed by atoms with Gasteiger partial charge in [0, 0.05) is 13.6 Å². The molecule has 1 aromatic heterocycles. The molecule has 1 saturated carbocycles. The maximum atomic E-state index is 12.9. The van der Waals surface area contributed by atoms with Crippen molar-refractivity contribution in [2.75, 3.05) is 13.6 Å². The molecule has 1 aromatic carbocycles. The number of hydrogen-bond donors (Lipinski definition) is 2. The smallest absolute Gasteiger partial charge is 0.278 e. The van der Waals surface area contributed by atoms with Crippen LogP contribution in [0.3, 0.4) is 0 Å². The fourth-order valence-electron chi connectivity index (χ4n) is 2.42. The van der Waals surface area contributed by atoms with E-state index in [0.717, 1.165) is 12.8 Å². The van der Waals surface area contributed by atoms with E-state index in [2.05, 4.69) is 5.10 Å². The highest BCUT2D eigenvalue weighted by atomic mass is 19.1. The molecule has 0 aliphatic heterocycles. The van der Waals surface area contributed by atoms with Crippen LogP contribution in [0.25, 0.3) is 5.69 Å². The average Bonchev–Trinajstić information content (AvgIpc) is 3.30. The molecule has 1 fully saturated rings. The van der Waals surface area contributed by atoms with E-state index in [1.807, 2.05) is 0 Å². The largest absolute Gasteiger partial charge is 0.504 e. The molecule has 1 aliphatic carbocycles. The van der Waals surface area contributed by atoms with Gasteiger partial charge in [0.25, 0.3) is 5.91 Å². The highest BCUT2D eigenvalue weighted by Gasteiger charge is 2.32. The van der Waals surface area contributed by atoms with Gasteiger partial charge in [0.2, 0.25) is 0 Å². The Kier molecular flexibility index (Phi) is 4.04. The van der Waals surface area contributed by atoms with Crippen molar-refractivity contribution in [3.8, 4) is 11.4 Å². The molecule has 0 saturated heterocycles. The lowest BCUT2D eigenvalue weighted by molar-refractivity contribution is 0.0637. The zero-order valence-electron chi connectivity index (χ0n) is 12.7. The minimum Gasteiger partial charge on any atom is -0.504 e. The fourth-order valence-corrected chi connectivity index (χ4v) is 2.42. The first-order valence-electron chi connectivity index (χ1n) is 7.44. The van der Waals surface area contributed by atoms with E-state index in [1.54, 1.807) is 7.05 Å². The SMILES string of the molecule is CN(CC(O)C1CC1)C(=O)c1nn(-c2ccc(F)cc2)cc1O. The summed E-state index contributed by atoms with van der Waals surface area (Å²) in [7, 11) is 1.56. The quantitative estimate of drug-likeness (QED) is 0.876. The van der Waals surface area contributed by atoms with Crippen LogP contribution < -0.4 is 0 Å². The molecule has 2 N–H and O–H groups in total. The normalized spacial score (nSPS) is 15.4. The Balaban J connectivity index is 1.76. The number of aromatic nitrogens is 2. The zero-order chi connectivity index (χ0) is 16.6. The van der Waals surface area contributed by atoms with Crippen LogP contribution in [0.2, 0.25) is 0 Å². The number of rotatable bonds is 5. The molecule has 1 amide bonds. The molecule has 0 bridgehead atoms. The van der Waals surface area contributed by atoms with Gasteiger partial charge in [0.05, 0.1) is 18.0 Å². The van der Waals surface area contributed by atoms with Gasteiger partial charge in [0.15, 0.2) is 11.4 Å². The second-order valence-corrected chi connectivity index (χ2v) is 5.87. The van der Waals surface area contributed by atoms with E-state index in [0.29, 0.717) is 5.69 Å². The number of aromatic hydroxyl groups is 1. The summed E-state index contributed by atoms with van der Waals surface area (Å²) in [6.45, 7) is 0.201. The first kappa shape index (κ1) is 15.5. The molecule has 1 atom stereocenters. The number of carbonyl (C=O) groups is 1. The van der Waals surface area contributed by atoms with Crippen LogP contribution in [0, 0.1) is 11.7 Å². The van der Waals surface area contributed by atoms with Gasteiger partial charge in [-0.1, -0.05) is 0 Å². The predicted molar refractivity (Wildman–Crippen MR) is 80.9 cm³/mol. The first-order valence-corrected chi connectivity index (χ1v) is 7.44. The van der Waals surface area contributed by atoms with Crippen molar-refractivity contribution in [1.29, 1.82) is 0 Å². The second kappa shape index (κ2) is 6.00. The van der Waals surface area contributed by atoms with Gasteiger partial charge in [0.1, 0.15) is 5.82 Å². The second-order valence-electron chi connectivity index (χ2n) is 5.87.